The maximum absolute atomic E-state index is 13.3. The summed E-state index contributed by atoms with van der Waals surface area (Å²) in [7, 11) is 0. The molecule has 0 aromatic heterocycles. The summed E-state index contributed by atoms with van der Waals surface area (Å²) in [6.45, 7) is 6.93. The summed E-state index contributed by atoms with van der Waals surface area (Å²) in [5.41, 5.74) is 1.36. The third kappa shape index (κ3) is 6.09. The van der Waals surface area contributed by atoms with E-state index in [1.54, 1.807) is 0 Å². The molecule has 1 saturated heterocycles. The van der Waals surface area contributed by atoms with Crippen molar-refractivity contribution in [3.8, 4) is 0 Å². The highest BCUT2D eigenvalue weighted by atomic mass is 16.1. The minimum absolute atomic E-state index is 0.0326. The van der Waals surface area contributed by atoms with Gasteiger partial charge in [0.25, 0.3) is 0 Å². The lowest BCUT2D eigenvalue weighted by atomic mass is 9.95. The minimum Gasteiger partial charge on any atom is -0.301 e. The van der Waals surface area contributed by atoms with Crippen LogP contribution in [-0.2, 0) is 0 Å². The van der Waals surface area contributed by atoms with Crippen LogP contribution in [0.5, 0.6) is 0 Å². The molecule has 1 unspecified atom stereocenters. The number of rotatable bonds is 10. The summed E-state index contributed by atoms with van der Waals surface area (Å²) in [5.74, 6) is 0.0829. The summed E-state index contributed by atoms with van der Waals surface area (Å²) >= 11 is 0. The van der Waals surface area contributed by atoms with Gasteiger partial charge in [0.15, 0.2) is 11.6 Å². The van der Waals surface area contributed by atoms with Gasteiger partial charge in [-0.3, -0.25) is 14.5 Å². The molecule has 0 bridgehead atoms. The van der Waals surface area contributed by atoms with E-state index in [2.05, 4.69) is 16.7 Å². The molecule has 0 radical (unpaired) electrons. The van der Waals surface area contributed by atoms with Gasteiger partial charge in [0.05, 0.1) is 6.04 Å². The Hall–Kier alpha value is -2.30. The molecule has 0 amide bonds. The molecule has 1 aliphatic heterocycles. The standard InChI is InChI=1S/C25H32N2O2/c1-2-3-10-15-26-16-18-27(19-17-26)23(25(29)22-13-8-5-9-14-22)20-24(28)21-11-6-4-7-12-21/h4-9,11-14,23H,2-3,10,15-20H2,1H3. The molecule has 4 nitrogen and oxygen atoms in total. The number of Topliss-reactive ketones (excluding diaryl/α,β-unsaturated/α-hetero) is 2. The monoisotopic (exact) mass is 392 g/mol. The third-order valence-electron chi connectivity index (χ3n) is 5.76. The number of unbranched alkanes of at least 4 members (excludes halogenated alkanes) is 2. The van der Waals surface area contributed by atoms with E-state index < -0.39 is 6.04 Å². The zero-order chi connectivity index (χ0) is 20.5. The van der Waals surface area contributed by atoms with E-state index in [0.717, 1.165) is 32.7 Å². The average molecular weight is 393 g/mol. The van der Waals surface area contributed by atoms with Crippen LogP contribution in [0.15, 0.2) is 60.7 Å². The predicted molar refractivity (Wildman–Crippen MR) is 117 cm³/mol. The molecule has 1 aliphatic rings. The van der Waals surface area contributed by atoms with Crippen molar-refractivity contribution < 1.29 is 9.59 Å². The fourth-order valence-corrected chi connectivity index (χ4v) is 3.98. The van der Waals surface area contributed by atoms with E-state index in [9.17, 15) is 9.59 Å². The summed E-state index contributed by atoms with van der Waals surface area (Å²) in [6.07, 6.45) is 3.96. The van der Waals surface area contributed by atoms with E-state index in [4.69, 9.17) is 0 Å². The Morgan fingerprint density at radius 2 is 1.41 bits per heavy atom. The second kappa shape index (κ2) is 11.0. The number of ketones is 2. The van der Waals surface area contributed by atoms with Crippen LogP contribution >= 0.6 is 0 Å². The first-order valence-corrected chi connectivity index (χ1v) is 10.8. The third-order valence-corrected chi connectivity index (χ3v) is 5.76. The fraction of sp³-hybridized carbons (Fsp3) is 0.440. The van der Waals surface area contributed by atoms with Gasteiger partial charge in [0.2, 0.25) is 0 Å². The van der Waals surface area contributed by atoms with Crippen molar-refractivity contribution in [2.75, 3.05) is 32.7 Å². The molecule has 1 heterocycles. The zero-order valence-electron chi connectivity index (χ0n) is 17.4. The Balaban J connectivity index is 1.70. The van der Waals surface area contributed by atoms with E-state index in [0.29, 0.717) is 11.1 Å². The SMILES string of the molecule is CCCCCN1CCN(C(CC(=O)c2ccccc2)C(=O)c2ccccc2)CC1. The highest BCUT2D eigenvalue weighted by molar-refractivity contribution is 6.05. The average Bonchev–Trinajstić information content (AvgIpc) is 2.79. The van der Waals surface area contributed by atoms with E-state index >= 15 is 0 Å². The first-order valence-electron chi connectivity index (χ1n) is 10.8. The zero-order valence-corrected chi connectivity index (χ0v) is 17.4. The van der Waals surface area contributed by atoms with Gasteiger partial charge in [-0.15, -0.1) is 0 Å². The molecule has 0 N–H and O–H groups in total. The molecule has 1 atom stereocenters. The Bertz CT molecular complexity index is 768. The Morgan fingerprint density at radius 1 is 0.828 bits per heavy atom. The number of nitrogens with zero attached hydrogens (tertiary/aromatic N) is 2. The van der Waals surface area contributed by atoms with Gasteiger partial charge in [0, 0.05) is 43.7 Å². The molecule has 2 aromatic rings. The van der Waals surface area contributed by atoms with E-state index in [1.165, 1.54) is 19.3 Å². The smallest absolute Gasteiger partial charge is 0.180 e. The Kier molecular flexibility index (Phi) is 8.14. The number of hydrogen-bond donors (Lipinski definition) is 0. The minimum atomic E-state index is -0.400. The predicted octanol–water partition coefficient (Wildman–Crippen LogP) is 4.32. The summed E-state index contributed by atoms with van der Waals surface area (Å²) in [5, 5.41) is 0. The van der Waals surface area contributed by atoms with Crippen LogP contribution in [0.25, 0.3) is 0 Å². The molecule has 2 aromatic carbocycles. The molecule has 1 fully saturated rings. The molecule has 3 rings (SSSR count). The van der Waals surface area contributed by atoms with Crippen LogP contribution in [-0.4, -0.2) is 60.1 Å². The summed E-state index contributed by atoms with van der Waals surface area (Å²) in [4.78, 5) is 30.9. The number of carbonyl (C=O) groups is 2. The number of carbonyl (C=O) groups excluding carboxylic acids is 2. The van der Waals surface area contributed by atoms with Crippen LogP contribution < -0.4 is 0 Å². The molecular weight excluding hydrogens is 360 g/mol. The molecule has 4 heteroatoms. The van der Waals surface area contributed by atoms with Gasteiger partial charge >= 0.3 is 0 Å². The lowest BCUT2D eigenvalue weighted by molar-refractivity contribution is 0.0608. The van der Waals surface area contributed by atoms with Gasteiger partial charge in [0.1, 0.15) is 0 Å². The van der Waals surface area contributed by atoms with Crippen LogP contribution in [0.2, 0.25) is 0 Å². The highest BCUT2D eigenvalue weighted by Crippen LogP contribution is 2.18. The van der Waals surface area contributed by atoms with E-state index in [1.807, 2.05) is 60.7 Å². The lowest BCUT2D eigenvalue weighted by Gasteiger charge is -2.38. The van der Waals surface area contributed by atoms with Gasteiger partial charge in [-0.1, -0.05) is 80.4 Å². The van der Waals surface area contributed by atoms with Gasteiger partial charge < -0.3 is 4.90 Å². The lowest BCUT2D eigenvalue weighted by Crippen LogP contribution is -2.53. The molecule has 0 saturated carbocycles. The number of benzene rings is 2. The Labute approximate surface area is 174 Å². The van der Waals surface area contributed by atoms with E-state index in [-0.39, 0.29) is 18.0 Å². The van der Waals surface area contributed by atoms with Gasteiger partial charge in [-0.2, -0.15) is 0 Å². The van der Waals surface area contributed by atoms with Gasteiger partial charge in [-0.25, -0.2) is 0 Å². The summed E-state index contributed by atoms with van der Waals surface area (Å²) < 4.78 is 0. The molecular formula is C25H32N2O2. The number of piperazine rings is 1. The van der Waals surface area contributed by atoms with Crippen molar-refractivity contribution in [2.24, 2.45) is 0 Å². The molecule has 0 spiro atoms. The first-order chi connectivity index (χ1) is 14.2. The largest absolute Gasteiger partial charge is 0.301 e. The quantitative estimate of drug-likeness (QED) is 0.446. The Morgan fingerprint density at radius 3 is 2.00 bits per heavy atom. The van der Waals surface area contributed by atoms with Crippen molar-refractivity contribution in [3.05, 3.63) is 71.8 Å². The van der Waals surface area contributed by atoms with Crippen molar-refractivity contribution in [1.29, 1.82) is 0 Å². The maximum atomic E-state index is 13.3. The second-order valence-electron chi connectivity index (χ2n) is 7.82. The summed E-state index contributed by atoms with van der Waals surface area (Å²) in [6, 6.07) is 18.3. The van der Waals surface area contributed by atoms with Crippen molar-refractivity contribution in [3.63, 3.8) is 0 Å². The van der Waals surface area contributed by atoms with Crippen LogP contribution in [0.1, 0.15) is 53.3 Å². The maximum Gasteiger partial charge on any atom is 0.180 e. The highest BCUT2D eigenvalue weighted by Gasteiger charge is 2.31. The topological polar surface area (TPSA) is 40.6 Å². The second-order valence-corrected chi connectivity index (χ2v) is 7.82. The normalized spacial score (nSPS) is 16.4. The van der Waals surface area contributed by atoms with Crippen molar-refractivity contribution in [1.82, 2.24) is 9.80 Å². The van der Waals surface area contributed by atoms with Crippen molar-refractivity contribution in [2.45, 2.75) is 38.6 Å². The fourth-order valence-electron chi connectivity index (χ4n) is 3.98. The number of hydrogen-bond acceptors (Lipinski definition) is 4. The van der Waals surface area contributed by atoms with Gasteiger partial charge in [-0.05, 0) is 13.0 Å². The van der Waals surface area contributed by atoms with Crippen LogP contribution in [0.4, 0.5) is 0 Å². The molecule has 154 valence electrons. The molecule has 0 aliphatic carbocycles. The first kappa shape index (κ1) is 21.4. The van der Waals surface area contributed by atoms with Crippen molar-refractivity contribution >= 4 is 11.6 Å². The van der Waals surface area contributed by atoms with Crippen LogP contribution in [0.3, 0.4) is 0 Å². The van der Waals surface area contributed by atoms with Crippen LogP contribution in [0, 0.1) is 0 Å². The molecule has 29 heavy (non-hydrogen) atoms.